The highest BCUT2D eigenvalue weighted by atomic mass is 16.5. The monoisotopic (exact) mass is 375 g/mol. The summed E-state index contributed by atoms with van der Waals surface area (Å²) in [6.45, 7) is 7.02. The van der Waals surface area contributed by atoms with Gasteiger partial charge >= 0.3 is 0 Å². The minimum absolute atomic E-state index is 0.106. The molecule has 28 heavy (non-hydrogen) atoms. The van der Waals surface area contributed by atoms with Gasteiger partial charge in [-0.05, 0) is 35.8 Å². The maximum Gasteiger partial charge on any atom is 0.207 e. The average Bonchev–Trinajstić information content (AvgIpc) is 3.27. The van der Waals surface area contributed by atoms with E-state index in [9.17, 15) is 4.79 Å². The van der Waals surface area contributed by atoms with Gasteiger partial charge in [-0.1, -0.05) is 18.2 Å². The lowest BCUT2D eigenvalue weighted by atomic mass is 9.97. The molecule has 3 aliphatic rings. The molecule has 144 valence electrons. The predicted octanol–water partition coefficient (Wildman–Crippen LogP) is 2.77. The second kappa shape index (κ2) is 7.15. The number of ketones is 1. The molecule has 1 unspecified atom stereocenters. The van der Waals surface area contributed by atoms with Crippen LogP contribution in [-0.4, -0.2) is 48.0 Å². The Balaban J connectivity index is 1.39. The van der Waals surface area contributed by atoms with Crippen molar-refractivity contribution in [3.05, 3.63) is 64.5 Å². The summed E-state index contributed by atoms with van der Waals surface area (Å²) < 4.78 is 6.30. The van der Waals surface area contributed by atoms with E-state index in [1.807, 2.05) is 18.3 Å². The highest BCUT2D eigenvalue weighted by Gasteiger charge is 2.36. The number of rotatable bonds is 4. The molecule has 0 radical (unpaired) electrons. The van der Waals surface area contributed by atoms with Crippen LogP contribution in [0.3, 0.4) is 0 Å². The maximum atomic E-state index is 13.1. The molecule has 0 spiro atoms. The summed E-state index contributed by atoms with van der Waals surface area (Å²) in [5.74, 6) is 0.911. The number of pyridine rings is 1. The highest BCUT2D eigenvalue weighted by Crippen LogP contribution is 2.39. The van der Waals surface area contributed by atoms with Gasteiger partial charge in [-0.25, -0.2) is 0 Å². The number of carbonyl (C=O) groups excluding carboxylic acids is 1. The Kier molecular flexibility index (Phi) is 4.49. The second-order valence-electron chi connectivity index (χ2n) is 7.87. The predicted molar refractivity (Wildman–Crippen MR) is 109 cm³/mol. The maximum absolute atomic E-state index is 13.1. The third-order valence-corrected chi connectivity index (χ3v) is 6.09. The van der Waals surface area contributed by atoms with Crippen LogP contribution in [0.25, 0.3) is 5.57 Å². The molecule has 1 aromatic heterocycles. The van der Waals surface area contributed by atoms with Crippen molar-refractivity contribution in [3.8, 4) is 5.75 Å². The van der Waals surface area contributed by atoms with E-state index in [1.165, 1.54) is 11.1 Å². The molecule has 0 amide bonds. The van der Waals surface area contributed by atoms with Crippen molar-refractivity contribution in [1.82, 2.24) is 15.2 Å². The number of fused-ring (bicyclic) bond motifs is 2. The van der Waals surface area contributed by atoms with Crippen molar-refractivity contribution in [2.75, 3.05) is 26.2 Å². The molecule has 1 aliphatic carbocycles. The highest BCUT2D eigenvalue weighted by molar-refractivity contribution is 6.06. The van der Waals surface area contributed by atoms with Crippen LogP contribution in [0.4, 0.5) is 0 Å². The fourth-order valence-corrected chi connectivity index (χ4v) is 4.46. The number of benzene rings is 1. The van der Waals surface area contributed by atoms with Crippen LogP contribution in [-0.2, 0) is 13.0 Å². The molecule has 1 atom stereocenters. The Labute approximate surface area is 165 Å². The molecule has 0 saturated carbocycles. The molecular formula is C23H25N3O2. The first-order valence-electron chi connectivity index (χ1n) is 10.1. The van der Waals surface area contributed by atoms with Crippen LogP contribution in [0.15, 0.2) is 36.5 Å². The van der Waals surface area contributed by atoms with Crippen LogP contribution in [0, 0.1) is 6.92 Å². The molecule has 2 aliphatic heterocycles. The van der Waals surface area contributed by atoms with Gasteiger partial charge in [-0.2, -0.15) is 0 Å². The fraction of sp³-hybridized carbons (Fsp3) is 0.391. The van der Waals surface area contributed by atoms with Gasteiger partial charge < -0.3 is 10.1 Å². The topological polar surface area (TPSA) is 54.5 Å². The normalized spacial score (nSPS) is 21.2. The number of ether oxygens (including phenoxy) is 1. The number of hydrogen-bond donors (Lipinski definition) is 1. The van der Waals surface area contributed by atoms with Crippen LogP contribution in [0.5, 0.6) is 5.75 Å². The number of allylic oxidation sites excluding steroid dienone is 1. The summed E-state index contributed by atoms with van der Waals surface area (Å²) in [6, 6.07) is 8.05. The van der Waals surface area contributed by atoms with Gasteiger partial charge in [0.2, 0.25) is 5.78 Å². The summed E-state index contributed by atoms with van der Waals surface area (Å²) in [5, 5.41) is 3.39. The molecule has 3 heterocycles. The van der Waals surface area contributed by atoms with E-state index in [2.05, 4.69) is 40.3 Å². The molecule has 5 nitrogen and oxygen atoms in total. The van der Waals surface area contributed by atoms with Gasteiger partial charge in [-0.3, -0.25) is 14.7 Å². The zero-order valence-electron chi connectivity index (χ0n) is 16.2. The SMILES string of the molecule is Cc1ccc2c(c1CN1CCNCC1)OC(CC1=CCc3ncccc31)C2=O. The van der Waals surface area contributed by atoms with Crippen LogP contribution >= 0.6 is 0 Å². The summed E-state index contributed by atoms with van der Waals surface area (Å²) in [5.41, 5.74) is 6.53. The number of Topliss-reactive ketones (excluding diaryl/α,β-unsaturated/α-hetero) is 1. The minimum atomic E-state index is -0.434. The van der Waals surface area contributed by atoms with Crippen molar-refractivity contribution in [3.63, 3.8) is 0 Å². The van der Waals surface area contributed by atoms with Crippen molar-refractivity contribution >= 4 is 11.4 Å². The quantitative estimate of drug-likeness (QED) is 0.891. The van der Waals surface area contributed by atoms with E-state index in [0.29, 0.717) is 6.42 Å². The summed E-state index contributed by atoms with van der Waals surface area (Å²) in [4.78, 5) is 19.9. The molecule has 5 heteroatoms. The lowest BCUT2D eigenvalue weighted by molar-refractivity contribution is 0.0862. The molecular weight excluding hydrogens is 350 g/mol. The van der Waals surface area contributed by atoms with Gasteiger partial charge in [0.05, 0.1) is 11.3 Å². The first kappa shape index (κ1) is 17.6. The average molecular weight is 375 g/mol. The molecule has 2 aromatic rings. The molecule has 1 saturated heterocycles. The fourth-order valence-electron chi connectivity index (χ4n) is 4.46. The van der Waals surface area contributed by atoms with Crippen LogP contribution < -0.4 is 10.1 Å². The number of nitrogens with one attached hydrogen (secondary N) is 1. The van der Waals surface area contributed by atoms with Crippen molar-refractivity contribution in [1.29, 1.82) is 0 Å². The molecule has 1 aromatic carbocycles. The van der Waals surface area contributed by atoms with Gasteiger partial charge in [0, 0.05) is 57.3 Å². The van der Waals surface area contributed by atoms with Crippen molar-refractivity contribution in [2.45, 2.75) is 32.4 Å². The Bertz CT molecular complexity index is 960. The van der Waals surface area contributed by atoms with E-state index >= 15 is 0 Å². The van der Waals surface area contributed by atoms with Gasteiger partial charge in [0.1, 0.15) is 5.75 Å². The lowest BCUT2D eigenvalue weighted by Crippen LogP contribution is -2.43. The van der Waals surface area contributed by atoms with E-state index in [0.717, 1.165) is 67.3 Å². The zero-order chi connectivity index (χ0) is 19.1. The Morgan fingerprint density at radius 3 is 2.93 bits per heavy atom. The second-order valence-corrected chi connectivity index (χ2v) is 7.87. The van der Waals surface area contributed by atoms with Crippen molar-refractivity contribution < 1.29 is 9.53 Å². The number of piperazine rings is 1. The number of aromatic nitrogens is 1. The molecule has 0 bridgehead atoms. The third-order valence-electron chi connectivity index (χ3n) is 6.09. The summed E-state index contributed by atoms with van der Waals surface area (Å²) in [7, 11) is 0. The summed E-state index contributed by atoms with van der Waals surface area (Å²) >= 11 is 0. The number of hydrogen-bond acceptors (Lipinski definition) is 5. The molecule has 1 N–H and O–H groups in total. The van der Waals surface area contributed by atoms with Gasteiger partial charge in [0.15, 0.2) is 6.10 Å². The number of nitrogens with zero attached hydrogens (tertiary/aromatic N) is 2. The van der Waals surface area contributed by atoms with Gasteiger partial charge in [-0.15, -0.1) is 0 Å². The Hall–Kier alpha value is -2.50. The zero-order valence-corrected chi connectivity index (χ0v) is 16.2. The van der Waals surface area contributed by atoms with E-state index in [1.54, 1.807) is 0 Å². The smallest absolute Gasteiger partial charge is 0.207 e. The van der Waals surface area contributed by atoms with E-state index in [-0.39, 0.29) is 5.78 Å². The first-order valence-corrected chi connectivity index (χ1v) is 10.1. The van der Waals surface area contributed by atoms with E-state index in [4.69, 9.17) is 4.74 Å². The van der Waals surface area contributed by atoms with Crippen LogP contribution in [0.2, 0.25) is 0 Å². The standard InChI is InChI=1S/C23H25N3O2/c1-15-4-6-18-22(27)21(13-16-5-7-20-17(16)3-2-8-25-20)28-23(18)19(15)14-26-11-9-24-10-12-26/h2-6,8,21,24H,7,9-14H2,1H3. The Morgan fingerprint density at radius 2 is 2.07 bits per heavy atom. The molecule has 5 rings (SSSR count). The largest absolute Gasteiger partial charge is 0.481 e. The molecule has 1 fully saturated rings. The first-order chi connectivity index (χ1) is 13.7. The van der Waals surface area contributed by atoms with Crippen LogP contribution in [0.1, 0.15) is 39.2 Å². The Morgan fingerprint density at radius 1 is 1.21 bits per heavy atom. The van der Waals surface area contributed by atoms with Crippen molar-refractivity contribution in [2.24, 2.45) is 0 Å². The minimum Gasteiger partial charge on any atom is -0.481 e. The summed E-state index contributed by atoms with van der Waals surface area (Å²) in [6.07, 6.45) is 5.03. The third kappa shape index (κ3) is 3.05. The van der Waals surface area contributed by atoms with E-state index < -0.39 is 6.10 Å². The number of aryl methyl sites for hydroxylation is 1. The number of carbonyl (C=O) groups is 1. The lowest BCUT2D eigenvalue weighted by Gasteiger charge is -2.28. The van der Waals surface area contributed by atoms with Gasteiger partial charge in [0.25, 0.3) is 0 Å².